The first-order valence-electron chi connectivity index (χ1n) is 6.23. The molecule has 0 amide bonds. The molecule has 1 heterocycles. The quantitative estimate of drug-likeness (QED) is 0.592. The van der Waals surface area contributed by atoms with Crippen LogP contribution in [0.2, 0.25) is 0 Å². The SMILES string of the molecule is NC(Cc1cnc(N=Nc2ccc(C(=O)O)cc2)[nH]1)C(=O)O. The minimum Gasteiger partial charge on any atom is -0.480 e. The Morgan fingerprint density at radius 2 is 1.91 bits per heavy atom. The first-order valence-corrected chi connectivity index (χ1v) is 6.23. The highest BCUT2D eigenvalue weighted by Gasteiger charge is 2.13. The summed E-state index contributed by atoms with van der Waals surface area (Å²) >= 11 is 0. The van der Waals surface area contributed by atoms with Gasteiger partial charge in [-0.3, -0.25) is 4.79 Å². The zero-order valence-electron chi connectivity index (χ0n) is 11.3. The molecule has 1 aromatic carbocycles. The summed E-state index contributed by atoms with van der Waals surface area (Å²) < 4.78 is 0. The van der Waals surface area contributed by atoms with Crippen molar-refractivity contribution in [3.05, 3.63) is 41.7 Å². The minimum absolute atomic E-state index is 0.102. The van der Waals surface area contributed by atoms with Crippen molar-refractivity contribution in [1.29, 1.82) is 0 Å². The van der Waals surface area contributed by atoms with E-state index >= 15 is 0 Å². The molecular formula is C13H13N5O4. The number of aliphatic carboxylic acids is 1. The number of hydrogen-bond acceptors (Lipinski definition) is 6. The molecule has 2 aromatic rings. The van der Waals surface area contributed by atoms with Gasteiger partial charge < -0.3 is 20.9 Å². The summed E-state index contributed by atoms with van der Waals surface area (Å²) in [5, 5.41) is 25.2. The maximum atomic E-state index is 10.7. The maximum Gasteiger partial charge on any atom is 0.335 e. The standard InChI is InChI=1S/C13H13N5O4/c14-10(12(21)22)5-9-6-15-13(16-9)18-17-8-3-1-7(2-4-8)11(19)20/h1-4,6,10H,5,14H2,(H,15,16)(H,19,20)(H,21,22). The van der Waals surface area contributed by atoms with E-state index in [1.807, 2.05) is 0 Å². The van der Waals surface area contributed by atoms with Crippen molar-refractivity contribution in [2.24, 2.45) is 16.0 Å². The van der Waals surface area contributed by atoms with Gasteiger partial charge in [-0.05, 0) is 24.3 Å². The summed E-state index contributed by atoms with van der Waals surface area (Å²) in [6.07, 6.45) is 1.54. The van der Waals surface area contributed by atoms with E-state index in [0.717, 1.165) is 0 Å². The van der Waals surface area contributed by atoms with Crippen molar-refractivity contribution in [2.75, 3.05) is 0 Å². The fourth-order valence-electron chi connectivity index (χ4n) is 1.60. The summed E-state index contributed by atoms with van der Waals surface area (Å²) in [6.45, 7) is 0. The fraction of sp³-hybridized carbons (Fsp3) is 0.154. The summed E-state index contributed by atoms with van der Waals surface area (Å²) in [5.41, 5.74) is 6.56. The summed E-state index contributed by atoms with van der Waals surface area (Å²) in [5.74, 6) is -1.92. The van der Waals surface area contributed by atoms with E-state index in [9.17, 15) is 9.59 Å². The van der Waals surface area contributed by atoms with E-state index in [2.05, 4.69) is 20.2 Å². The lowest BCUT2D eigenvalue weighted by atomic mass is 10.2. The van der Waals surface area contributed by atoms with Crippen LogP contribution in [0, 0.1) is 0 Å². The number of nitrogens with one attached hydrogen (secondary N) is 1. The average molecular weight is 303 g/mol. The van der Waals surface area contributed by atoms with Gasteiger partial charge >= 0.3 is 11.9 Å². The molecule has 9 nitrogen and oxygen atoms in total. The topological polar surface area (TPSA) is 154 Å². The molecule has 114 valence electrons. The third-order valence-corrected chi connectivity index (χ3v) is 2.75. The minimum atomic E-state index is -1.10. The van der Waals surface area contributed by atoms with Gasteiger partial charge in [-0.25, -0.2) is 9.78 Å². The number of rotatable bonds is 6. The largest absolute Gasteiger partial charge is 0.480 e. The van der Waals surface area contributed by atoms with Crippen molar-refractivity contribution in [2.45, 2.75) is 12.5 Å². The predicted octanol–water partition coefficient (Wildman–Crippen LogP) is 1.48. The number of nitrogens with zero attached hydrogens (tertiary/aromatic N) is 3. The Morgan fingerprint density at radius 1 is 1.23 bits per heavy atom. The summed E-state index contributed by atoms with van der Waals surface area (Å²) in [6, 6.07) is 4.83. The lowest BCUT2D eigenvalue weighted by Gasteiger charge is -2.02. The Balaban J connectivity index is 2.03. The van der Waals surface area contributed by atoms with Crippen LogP contribution in [0.5, 0.6) is 0 Å². The number of aromatic amines is 1. The molecule has 0 spiro atoms. The normalized spacial score (nSPS) is 12.4. The molecule has 0 aliphatic heterocycles. The number of carbonyl (C=O) groups is 2. The van der Waals surface area contributed by atoms with Gasteiger partial charge in [0.25, 0.3) is 0 Å². The third-order valence-electron chi connectivity index (χ3n) is 2.75. The van der Waals surface area contributed by atoms with Gasteiger partial charge in [0.15, 0.2) is 0 Å². The number of azo groups is 1. The van der Waals surface area contributed by atoms with E-state index in [1.54, 1.807) is 0 Å². The highest BCUT2D eigenvalue weighted by molar-refractivity contribution is 5.87. The Hall–Kier alpha value is -3.07. The van der Waals surface area contributed by atoms with Crippen LogP contribution in [0.3, 0.4) is 0 Å². The zero-order chi connectivity index (χ0) is 16.1. The van der Waals surface area contributed by atoms with Crippen molar-refractivity contribution in [3.8, 4) is 0 Å². The number of H-pyrrole nitrogens is 1. The number of carboxylic acid groups (broad SMARTS) is 2. The molecule has 0 aliphatic carbocycles. The molecule has 0 radical (unpaired) electrons. The van der Waals surface area contributed by atoms with Crippen molar-refractivity contribution < 1.29 is 19.8 Å². The first kappa shape index (κ1) is 15.3. The second-order valence-corrected chi connectivity index (χ2v) is 4.43. The third kappa shape index (κ3) is 3.96. The van der Waals surface area contributed by atoms with Crippen LogP contribution in [0.1, 0.15) is 16.1 Å². The average Bonchev–Trinajstić information content (AvgIpc) is 2.93. The molecule has 0 bridgehead atoms. The molecular weight excluding hydrogens is 290 g/mol. The molecule has 0 fully saturated rings. The molecule has 0 saturated carbocycles. The molecule has 0 aliphatic rings. The number of benzene rings is 1. The molecule has 1 aromatic heterocycles. The van der Waals surface area contributed by atoms with Gasteiger partial charge in [-0.2, -0.15) is 0 Å². The van der Waals surface area contributed by atoms with Crippen LogP contribution in [0.25, 0.3) is 0 Å². The van der Waals surface area contributed by atoms with Gasteiger partial charge in [0.2, 0.25) is 5.95 Å². The molecule has 2 rings (SSSR count). The van der Waals surface area contributed by atoms with Gasteiger partial charge in [0.1, 0.15) is 6.04 Å². The van der Waals surface area contributed by atoms with Gasteiger partial charge in [0, 0.05) is 12.1 Å². The second kappa shape index (κ2) is 6.59. The molecule has 22 heavy (non-hydrogen) atoms. The molecule has 0 saturated heterocycles. The van der Waals surface area contributed by atoms with Crippen LogP contribution in [0.4, 0.5) is 11.6 Å². The van der Waals surface area contributed by atoms with E-state index in [4.69, 9.17) is 15.9 Å². The van der Waals surface area contributed by atoms with Crippen molar-refractivity contribution >= 4 is 23.6 Å². The van der Waals surface area contributed by atoms with E-state index in [-0.39, 0.29) is 17.9 Å². The zero-order valence-corrected chi connectivity index (χ0v) is 11.3. The lowest BCUT2D eigenvalue weighted by Crippen LogP contribution is -2.32. The molecule has 1 unspecified atom stereocenters. The summed E-state index contributed by atoms with van der Waals surface area (Å²) in [4.78, 5) is 28.1. The maximum absolute atomic E-state index is 10.7. The van der Waals surface area contributed by atoms with Gasteiger partial charge in [-0.15, -0.1) is 10.2 Å². The van der Waals surface area contributed by atoms with Gasteiger partial charge in [-0.1, -0.05) is 0 Å². The second-order valence-electron chi connectivity index (χ2n) is 4.43. The smallest absolute Gasteiger partial charge is 0.335 e. The monoisotopic (exact) mass is 303 g/mol. The number of aromatic carboxylic acids is 1. The Bertz CT molecular complexity index is 707. The lowest BCUT2D eigenvalue weighted by molar-refractivity contribution is -0.138. The number of carboxylic acids is 2. The molecule has 5 N–H and O–H groups in total. The van der Waals surface area contributed by atoms with Crippen LogP contribution in [0.15, 0.2) is 40.7 Å². The van der Waals surface area contributed by atoms with E-state index < -0.39 is 18.0 Å². The van der Waals surface area contributed by atoms with E-state index in [1.165, 1.54) is 30.5 Å². The Morgan fingerprint density at radius 3 is 2.50 bits per heavy atom. The summed E-state index contributed by atoms with van der Waals surface area (Å²) in [7, 11) is 0. The van der Waals surface area contributed by atoms with Crippen LogP contribution >= 0.6 is 0 Å². The van der Waals surface area contributed by atoms with Crippen LogP contribution in [-0.2, 0) is 11.2 Å². The Kier molecular flexibility index (Phi) is 4.59. The molecule has 1 atom stereocenters. The fourth-order valence-corrected chi connectivity index (χ4v) is 1.60. The Labute approximate surface area is 124 Å². The van der Waals surface area contributed by atoms with Crippen molar-refractivity contribution in [3.63, 3.8) is 0 Å². The van der Waals surface area contributed by atoms with Crippen molar-refractivity contribution in [1.82, 2.24) is 9.97 Å². The number of aromatic nitrogens is 2. The number of hydrogen-bond donors (Lipinski definition) is 4. The van der Waals surface area contributed by atoms with Crippen LogP contribution in [-0.4, -0.2) is 38.2 Å². The first-order chi connectivity index (χ1) is 10.5. The van der Waals surface area contributed by atoms with E-state index in [0.29, 0.717) is 11.4 Å². The predicted molar refractivity (Wildman–Crippen MR) is 75.5 cm³/mol. The van der Waals surface area contributed by atoms with Crippen LogP contribution < -0.4 is 5.73 Å². The molecule has 9 heteroatoms. The number of nitrogens with two attached hydrogens (primary N) is 1. The highest BCUT2D eigenvalue weighted by atomic mass is 16.4. The highest BCUT2D eigenvalue weighted by Crippen LogP contribution is 2.17. The number of imidazole rings is 1. The van der Waals surface area contributed by atoms with Gasteiger partial charge in [0.05, 0.1) is 17.4 Å².